The molecule has 0 unspecified atom stereocenters. The normalized spacial score (nSPS) is 14.7. The minimum absolute atomic E-state index is 0.0628. The van der Waals surface area contributed by atoms with Crippen LogP contribution in [0.15, 0.2) is 176 Å². The summed E-state index contributed by atoms with van der Waals surface area (Å²) in [6.45, 7) is 39.5. The second-order valence-electron chi connectivity index (χ2n) is 29.5. The fourth-order valence-corrected chi connectivity index (χ4v) is 13.5. The molecule has 3 aromatic rings. The summed E-state index contributed by atoms with van der Waals surface area (Å²) in [7, 11) is 0. The van der Waals surface area contributed by atoms with E-state index in [-0.39, 0.29) is 83.0 Å². The van der Waals surface area contributed by atoms with E-state index in [2.05, 4.69) is 52.6 Å². The molecule has 28 nitrogen and oxygen atoms in total. The van der Waals surface area contributed by atoms with Gasteiger partial charge in [-0.1, -0.05) is 218 Å². The smallest absolute Gasteiger partial charge is 0.303 e. The Hall–Kier alpha value is -5.40. The van der Waals surface area contributed by atoms with Crippen molar-refractivity contribution in [1.82, 2.24) is 0 Å². The first-order valence-corrected chi connectivity index (χ1v) is 51.9. The van der Waals surface area contributed by atoms with Crippen LogP contribution < -0.4 is 0 Å². The third-order valence-corrected chi connectivity index (χ3v) is 20.9. The highest BCUT2D eigenvalue weighted by Gasteiger charge is 2.25. The number of carbonyl (C=O) groups is 8. The number of carbonyl (C=O) groups excluding carboxylic acids is 6. The minimum Gasteiger partial charge on any atom is -0.502 e. The molecule has 3 aliphatic rings. The van der Waals surface area contributed by atoms with Gasteiger partial charge in [0.05, 0.1) is 143 Å². The third kappa shape index (κ3) is 118. The number of alkyl halides is 8. The summed E-state index contributed by atoms with van der Waals surface area (Å²) in [5.74, 6) is 1.92. The molecule has 0 radical (unpaired) electrons. The van der Waals surface area contributed by atoms with E-state index in [1.165, 1.54) is 101 Å². The number of rotatable bonds is 68. The van der Waals surface area contributed by atoms with E-state index < -0.39 is 22.4 Å². The predicted molar refractivity (Wildman–Crippen MR) is 569 cm³/mol. The maximum Gasteiger partial charge on any atom is 0.303 e. The molecule has 3 aromatic carbocycles. The van der Waals surface area contributed by atoms with Crippen LogP contribution in [0.5, 0.6) is 0 Å². The van der Waals surface area contributed by atoms with E-state index in [1.807, 2.05) is 48.5 Å². The number of halogens is 14. The first-order chi connectivity index (χ1) is 68.5. The highest BCUT2D eigenvalue weighted by Crippen LogP contribution is 2.34. The quantitative estimate of drug-likeness (QED) is 0.0229. The average molecular weight is 2290 g/mol. The topological polar surface area (TPSA) is 343 Å². The van der Waals surface area contributed by atoms with Crippen molar-refractivity contribution in [2.45, 2.75) is 181 Å². The largest absolute Gasteiger partial charge is 0.502 e. The number of carboxylic acid groups (broad SMARTS) is 2. The standard InChI is InChI=1S/C12H20O2.C12H14O2.C10H18Cl2O2.C10H12Cl2O2.C10H14Cl2O2.C10H8Cl2O2.C8H14O3.C6H12Cl2O3.C6H8Cl2O2.C6H10O4.C6H10O2.C4H8Cl2O2/c2*1-3-13-9-11-5-7-12(8-6-11)10-14-4-2;2*11-7-13-5-9-1-2-10(4-3-9)6-14-8-12;2*11-9(13)5-7-1-2-8(4-3-7)6-10(12)14;1-3-9-5-7-11-8-6-10-4-2;7-5-10-3-1-9-2-4-11-6-8;7-5(9)3-1-2-4-6(8)10;7-5(8)3-1-2-4-6(9)10;1-3-7-5-6-8-4-2;5-3-7-1-2-8-4-6/h3-4,11-12H,1-2,5-10H2;3-8H,1-2,9-10H2;9-10H,1-8H2;1-4H,5-8H2;7-8H,1-6H2;1-4H,5-6H2;3-4H,1-2,5-8H2;1-6H2;1-4H2;1-4H2,(H,7,8)(H,9,10);3-4H,1-2,5-6H2;1-4H2. The molecule has 3 fully saturated rings. The van der Waals surface area contributed by atoms with Gasteiger partial charge in [0.25, 0.3) is 0 Å². The third-order valence-electron chi connectivity index (χ3n) is 18.7. The summed E-state index contributed by atoms with van der Waals surface area (Å²) in [5.41, 5.74) is 6.09. The molecular formula is C100H148Cl14O28. The molecule has 2 N–H and O–H groups in total. The van der Waals surface area contributed by atoms with Crippen molar-refractivity contribution in [3.05, 3.63) is 209 Å². The van der Waals surface area contributed by atoms with Crippen molar-refractivity contribution in [3.63, 3.8) is 0 Å². The maximum atomic E-state index is 10.7. The number of hydrogen-bond acceptors (Lipinski definition) is 26. The van der Waals surface area contributed by atoms with Crippen LogP contribution in [-0.4, -0.2) is 208 Å². The fourth-order valence-electron chi connectivity index (χ4n) is 11.7. The summed E-state index contributed by atoms with van der Waals surface area (Å²) in [4.78, 5) is 82.5. The molecule has 142 heavy (non-hydrogen) atoms. The van der Waals surface area contributed by atoms with Gasteiger partial charge in [-0.3, -0.25) is 38.4 Å². The Kier molecular flexibility index (Phi) is 122. The molecule has 0 amide bonds. The summed E-state index contributed by atoms with van der Waals surface area (Å²) in [5, 5.41) is 14.3. The van der Waals surface area contributed by atoms with Gasteiger partial charge < -0.3 is 95.5 Å². The Morgan fingerprint density at radius 1 is 0.239 bits per heavy atom. The average Bonchev–Trinajstić information content (AvgIpc) is 0.909. The van der Waals surface area contributed by atoms with Crippen LogP contribution >= 0.6 is 162 Å². The molecule has 814 valence electrons. The van der Waals surface area contributed by atoms with Crippen molar-refractivity contribution in [3.8, 4) is 0 Å². The van der Waals surface area contributed by atoms with Crippen molar-refractivity contribution in [1.29, 1.82) is 0 Å². The SMILES string of the molecule is C=COCC1CCC(COC=C)CC1.C=COCCOC=C.C=COCCOCCOC=C.C=COCc1ccc(COC=C)cc1.ClCOCC1CCC(COCCl)CC1.ClCOCCOCCOCCl.ClCOCCOCCl.ClCOCc1ccc(COCCl)cc1.O=C(Cl)CC1CCC(CC(=O)Cl)CC1.O=C(Cl)CCCCC(=O)Cl.O=C(Cl)Cc1ccc(CC(=O)Cl)cc1.O=C(O)CCCCC(=O)O. The van der Waals surface area contributed by atoms with Gasteiger partial charge in [0.2, 0.25) is 31.5 Å². The Labute approximate surface area is 911 Å². The van der Waals surface area contributed by atoms with Gasteiger partial charge in [-0.2, -0.15) is 0 Å². The van der Waals surface area contributed by atoms with E-state index in [9.17, 15) is 38.4 Å². The second kappa shape index (κ2) is 117. The van der Waals surface area contributed by atoms with E-state index >= 15 is 0 Å². The summed E-state index contributed by atoms with van der Waals surface area (Å²) < 4.78 is 89.4. The van der Waals surface area contributed by atoms with Crippen LogP contribution in [-0.2, 0) is 163 Å². The molecule has 42 heteroatoms. The Morgan fingerprint density at radius 2 is 0.451 bits per heavy atom. The predicted octanol–water partition coefficient (Wildman–Crippen LogP) is 26.1. The number of benzene rings is 3. The fraction of sp³-hybridized carbons (Fsp3) is 0.580. The molecule has 3 saturated carbocycles. The minimum atomic E-state index is -0.870. The van der Waals surface area contributed by atoms with Crippen molar-refractivity contribution in [2.75, 3.05) is 154 Å². The van der Waals surface area contributed by atoms with Gasteiger partial charge in [0.1, 0.15) is 88.2 Å². The van der Waals surface area contributed by atoms with Crippen molar-refractivity contribution in [2.24, 2.45) is 35.5 Å². The number of ether oxygens (including phenoxy) is 18. The van der Waals surface area contributed by atoms with Crippen LogP contribution in [0.4, 0.5) is 0 Å². The molecule has 0 saturated heterocycles. The summed E-state index contributed by atoms with van der Waals surface area (Å²) in [6, 6.07) is 24.9. The lowest BCUT2D eigenvalue weighted by molar-refractivity contribution is -0.139. The summed E-state index contributed by atoms with van der Waals surface area (Å²) >= 11 is 73.7. The summed E-state index contributed by atoms with van der Waals surface area (Å²) in [6.07, 6.45) is 29.7. The Balaban J connectivity index is -0.000000357. The first-order valence-electron chi connectivity index (χ1n) is 45.3. The molecule has 0 heterocycles. The van der Waals surface area contributed by atoms with E-state index in [4.69, 9.17) is 258 Å². The number of hydrogen-bond donors (Lipinski definition) is 2. The number of aliphatic carboxylic acids is 2. The Morgan fingerprint density at radius 3 is 0.676 bits per heavy atom. The molecular weight excluding hydrogens is 2150 g/mol. The van der Waals surface area contributed by atoms with Gasteiger partial charge >= 0.3 is 11.9 Å². The lowest BCUT2D eigenvalue weighted by Crippen LogP contribution is -2.21. The lowest BCUT2D eigenvalue weighted by Gasteiger charge is -2.27. The molecule has 0 aliphatic heterocycles. The zero-order chi connectivity index (χ0) is 107. The lowest BCUT2D eigenvalue weighted by atomic mass is 9.79. The van der Waals surface area contributed by atoms with Crippen LogP contribution in [0, 0.1) is 35.5 Å². The zero-order valence-corrected chi connectivity index (χ0v) is 91.8. The van der Waals surface area contributed by atoms with Crippen LogP contribution in [0.25, 0.3) is 0 Å². The number of carboxylic acids is 2. The second-order valence-corrected chi connectivity index (χ2v) is 33.8. The molecule has 0 bridgehead atoms. The Bertz CT molecular complexity index is 3260. The van der Waals surface area contributed by atoms with Gasteiger partial charge in [0, 0.05) is 51.4 Å². The molecule has 0 aromatic heterocycles. The van der Waals surface area contributed by atoms with Crippen molar-refractivity contribution >= 4 is 206 Å². The van der Waals surface area contributed by atoms with Gasteiger partial charge in [0.15, 0.2) is 0 Å². The number of unbranched alkanes of at least 4 members (excludes halogenated alkanes) is 2. The van der Waals surface area contributed by atoms with Crippen LogP contribution in [0.3, 0.4) is 0 Å². The van der Waals surface area contributed by atoms with Gasteiger partial charge in [-0.15, -0.1) is 0 Å². The maximum absolute atomic E-state index is 10.7. The highest BCUT2D eigenvalue weighted by atomic mass is 35.5. The van der Waals surface area contributed by atoms with Crippen LogP contribution in [0.1, 0.15) is 175 Å². The first kappa shape index (κ1) is 147. The van der Waals surface area contributed by atoms with Crippen LogP contribution in [0.2, 0.25) is 0 Å². The van der Waals surface area contributed by atoms with E-state index in [1.54, 1.807) is 24.3 Å². The van der Waals surface area contributed by atoms with Crippen molar-refractivity contribution < 1.29 is 134 Å². The monoisotopic (exact) mass is 2290 g/mol. The zero-order valence-electron chi connectivity index (χ0n) is 81.2. The van der Waals surface area contributed by atoms with Gasteiger partial charge in [-0.05, 0) is 241 Å². The molecule has 6 rings (SSSR count). The van der Waals surface area contributed by atoms with Gasteiger partial charge in [-0.25, -0.2) is 0 Å². The van der Waals surface area contributed by atoms with E-state index in [0.29, 0.717) is 205 Å². The highest BCUT2D eigenvalue weighted by molar-refractivity contribution is 6.65. The molecule has 3 aliphatic carbocycles. The molecule has 0 spiro atoms. The van der Waals surface area contributed by atoms with E-state index in [0.717, 1.165) is 85.5 Å². The molecule has 0 atom stereocenters.